The highest BCUT2D eigenvalue weighted by Crippen LogP contribution is 2.38. The van der Waals surface area contributed by atoms with Crippen molar-refractivity contribution in [3.8, 4) is 23.0 Å². The number of methoxy groups -OCH3 is 2. The van der Waals surface area contributed by atoms with Gasteiger partial charge in [-0.3, -0.25) is 14.4 Å². The van der Waals surface area contributed by atoms with E-state index >= 15 is 0 Å². The number of benzene rings is 4. The average molecular weight is 1390 g/mol. The molecule has 0 saturated carbocycles. The maximum absolute atomic E-state index is 13.4. The quantitative estimate of drug-likeness (QED) is 0.0428. The van der Waals surface area contributed by atoms with Gasteiger partial charge in [-0.1, -0.05) is 116 Å². The zero-order valence-corrected chi connectivity index (χ0v) is 60.5. The molecule has 0 unspecified atom stereocenters. The van der Waals surface area contributed by atoms with Crippen LogP contribution in [-0.4, -0.2) is 102 Å². The van der Waals surface area contributed by atoms with E-state index in [-0.39, 0.29) is 81.2 Å². The normalized spacial score (nSPS) is 14.1. The lowest BCUT2D eigenvalue weighted by Crippen LogP contribution is -2.46. The topological polar surface area (TPSA) is 220 Å². The summed E-state index contributed by atoms with van der Waals surface area (Å²) in [6, 6.07) is 13.9. The van der Waals surface area contributed by atoms with Crippen LogP contribution in [0, 0.1) is 43.9 Å². The third-order valence-electron chi connectivity index (χ3n) is 13.5. The Balaban J connectivity index is 0.000000410. The van der Waals surface area contributed by atoms with Crippen LogP contribution in [0.25, 0.3) is 0 Å². The molecule has 16 nitrogen and oxygen atoms in total. The van der Waals surface area contributed by atoms with E-state index in [1.54, 1.807) is 52.3 Å². The van der Waals surface area contributed by atoms with Crippen molar-refractivity contribution in [2.75, 3.05) is 27.8 Å². The molecule has 1 heterocycles. The molecule has 0 atom stereocenters. The average Bonchev–Trinajstić information content (AvgIpc) is 1.88. The van der Waals surface area contributed by atoms with Crippen LogP contribution in [-0.2, 0) is 18.8 Å². The van der Waals surface area contributed by atoms with E-state index in [4.69, 9.17) is 33.4 Å². The summed E-state index contributed by atoms with van der Waals surface area (Å²) in [5, 5.41) is 37.3. The predicted octanol–water partition coefficient (Wildman–Crippen LogP) is 15.5. The van der Waals surface area contributed by atoms with Crippen LogP contribution in [0.3, 0.4) is 0 Å². The molecule has 0 spiro atoms. The molecule has 0 aromatic heterocycles. The number of aromatic hydroxyl groups is 2. The van der Waals surface area contributed by atoms with Crippen LogP contribution in [0.4, 0.5) is 0 Å². The number of phenols is 2. The molecule has 6 N–H and O–H groups in total. The van der Waals surface area contributed by atoms with Gasteiger partial charge in [-0.25, -0.2) is 4.79 Å². The van der Waals surface area contributed by atoms with Gasteiger partial charge in [0.25, 0.3) is 17.7 Å². The van der Waals surface area contributed by atoms with E-state index in [0.29, 0.717) is 43.8 Å². The Morgan fingerprint density at radius 2 is 0.767 bits per heavy atom. The summed E-state index contributed by atoms with van der Waals surface area (Å²) in [7, 11) is 2.55. The SMILES string of the molecule is COCOc1c(C)cc(B2OC(C)(C)C(C)(C)O2)cc1C(=O)NC(C)(C)CC(C)(C)C.COCOc1c(C)cc(Br)cc1C(=O)NC(C)(C)CC(C)(C)C.Cc1cc(Br)cc(C(=O)NC(C)(C)CC(C)(C)C)c1O.Cc1cc(Br)cc(C(=O)O)c1O. The van der Waals surface area contributed by atoms with Crippen molar-refractivity contribution in [2.45, 2.75) is 206 Å². The highest BCUT2D eigenvalue weighted by Gasteiger charge is 2.52. The van der Waals surface area contributed by atoms with Gasteiger partial charge in [-0.15, -0.1) is 0 Å². The molecule has 1 fully saturated rings. The van der Waals surface area contributed by atoms with Crippen LogP contribution < -0.4 is 30.9 Å². The molecule has 20 heteroatoms. The van der Waals surface area contributed by atoms with Gasteiger partial charge in [-0.05, 0) is 203 Å². The number of aryl methyl sites for hydroxylation is 4. The van der Waals surface area contributed by atoms with Gasteiger partial charge in [0.1, 0.15) is 28.6 Å². The van der Waals surface area contributed by atoms with Crippen molar-refractivity contribution < 1.29 is 62.8 Å². The summed E-state index contributed by atoms with van der Waals surface area (Å²) >= 11 is 9.94. The van der Waals surface area contributed by atoms with Crippen molar-refractivity contribution in [1.82, 2.24) is 16.0 Å². The second-order valence-electron chi connectivity index (χ2n) is 28.8. The molecule has 3 amide bonds. The first-order valence-electron chi connectivity index (χ1n) is 28.6. The number of phenolic OH excluding ortho intramolecular Hbond substituents is 1. The van der Waals surface area contributed by atoms with Crippen molar-refractivity contribution in [3.05, 3.63) is 106 Å². The number of carboxylic acids is 1. The first kappa shape index (κ1) is 77.4. The Labute approximate surface area is 539 Å². The Morgan fingerprint density at radius 1 is 0.477 bits per heavy atom. The van der Waals surface area contributed by atoms with E-state index < -0.39 is 24.3 Å². The Bertz CT molecular complexity index is 2990. The van der Waals surface area contributed by atoms with Gasteiger partial charge < -0.3 is 59.5 Å². The molecule has 4 aromatic carbocycles. The predicted molar refractivity (Wildman–Crippen MR) is 356 cm³/mol. The van der Waals surface area contributed by atoms with Crippen LogP contribution >= 0.6 is 47.8 Å². The number of aromatic carboxylic acids is 1. The summed E-state index contributed by atoms with van der Waals surface area (Å²) in [6.45, 7) is 47.0. The number of carbonyl (C=O) groups is 4. The molecule has 4 aromatic rings. The van der Waals surface area contributed by atoms with Crippen molar-refractivity contribution in [1.29, 1.82) is 0 Å². The molecular formula is C66H99BBr3N3O13. The van der Waals surface area contributed by atoms with Gasteiger partial charge in [0.2, 0.25) is 0 Å². The van der Waals surface area contributed by atoms with Gasteiger partial charge in [0, 0.05) is 44.3 Å². The molecule has 1 saturated heterocycles. The lowest BCUT2D eigenvalue weighted by Gasteiger charge is -2.33. The Kier molecular flexibility index (Phi) is 27.6. The molecule has 480 valence electrons. The fraction of sp³-hybridized carbons (Fsp3) is 0.576. The van der Waals surface area contributed by atoms with E-state index in [0.717, 1.165) is 44.8 Å². The third kappa shape index (κ3) is 25.1. The molecule has 0 bridgehead atoms. The largest absolute Gasteiger partial charge is 0.507 e. The summed E-state index contributed by atoms with van der Waals surface area (Å²) < 4.78 is 36.1. The second kappa shape index (κ2) is 30.7. The number of hydrogen-bond donors (Lipinski definition) is 6. The molecule has 5 rings (SSSR count). The van der Waals surface area contributed by atoms with Crippen molar-refractivity contribution in [3.63, 3.8) is 0 Å². The minimum absolute atomic E-state index is 0.0391. The maximum atomic E-state index is 13.4. The maximum Gasteiger partial charge on any atom is 0.494 e. The zero-order chi connectivity index (χ0) is 66.7. The first-order valence-corrected chi connectivity index (χ1v) is 31.0. The number of hydrogen-bond acceptors (Lipinski definition) is 12. The van der Waals surface area contributed by atoms with E-state index in [1.807, 2.05) is 101 Å². The minimum Gasteiger partial charge on any atom is -0.507 e. The number of carbonyl (C=O) groups excluding carboxylic acids is 3. The van der Waals surface area contributed by atoms with Crippen LogP contribution in [0.2, 0.25) is 0 Å². The highest BCUT2D eigenvalue weighted by molar-refractivity contribution is 9.11. The third-order valence-corrected chi connectivity index (χ3v) is 14.8. The highest BCUT2D eigenvalue weighted by atomic mass is 79.9. The van der Waals surface area contributed by atoms with Crippen LogP contribution in [0.1, 0.15) is 214 Å². The summed E-state index contributed by atoms with van der Waals surface area (Å²) in [4.78, 5) is 49.1. The number of amides is 3. The lowest BCUT2D eigenvalue weighted by molar-refractivity contribution is 0.00578. The molecule has 0 radical (unpaired) electrons. The molecule has 86 heavy (non-hydrogen) atoms. The van der Waals surface area contributed by atoms with E-state index in [2.05, 4.69) is 126 Å². The monoisotopic (exact) mass is 1390 g/mol. The smallest absolute Gasteiger partial charge is 0.494 e. The molecule has 1 aliphatic heterocycles. The van der Waals surface area contributed by atoms with Gasteiger partial charge in [0.15, 0.2) is 13.6 Å². The standard InChI is InChI=1S/C24H40BNO5.C18H28BrNO3.C16H24BrNO2.C8H7BrO3/c1-16-12-17(25-30-23(7,8)24(9,10)31-25)13-18(19(16)29-15-28-11)20(27)26-22(5,6)14-21(2,3)4;1-12-8-13(19)9-14(15(12)23-11-22-7)16(21)20-18(5,6)10-17(2,3)4;1-10-7-11(17)8-12(13(10)19)14(20)18-16(5,6)9-15(2,3)4;1-4-2-5(9)3-6(7(4)10)8(11)12/h12-13H,14-15H2,1-11H3,(H,26,27);8-9H,10-11H2,1-7H3,(H,20,21);7-8,19H,9H2,1-6H3,(H,18,20);2-3,10H,1H3,(H,11,12). The number of ether oxygens (including phenoxy) is 4. The molecule has 1 aliphatic rings. The fourth-order valence-electron chi connectivity index (χ4n) is 10.6. The number of halogens is 3. The summed E-state index contributed by atoms with van der Waals surface area (Å²) in [5.41, 5.74) is 3.25. The number of rotatable bonds is 17. The lowest BCUT2D eigenvalue weighted by atomic mass is 9.77. The van der Waals surface area contributed by atoms with E-state index in [9.17, 15) is 29.4 Å². The van der Waals surface area contributed by atoms with E-state index in [1.165, 1.54) is 6.07 Å². The number of carboxylic acid groups (broad SMARTS) is 1. The molecular weight excluding hydrogens is 1290 g/mol. The van der Waals surface area contributed by atoms with Crippen LogP contribution in [0.15, 0.2) is 61.9 Å². The van der Waals surface area contributed by atoms with Gasteiger partial charge >= 0.3 is 13.1 Å². The van der Waals surface area contributed by atoms with Crippen LogP contribution in [0.5, 0.6) is 23.0 Å². The van der Waals surface area contributed by atoms with Gasteiger partial charge in [0.05, 0.1) is 27.9 Å². The first-order chi connectivity index (χ1) is 38.9. The second-order valence-corrected chi connectivity index (χ2v) is 31.5. The zero-order valence-electron chi connectivity index (χ0n) is 55.8. The summed E-state index contributed by atoms with van der Waals surface area (Å²) in [5.74, 6) is -0.789. The molecule has 0 aliphatic carbocycles. The van der Waals surface area contributed by atoms with Crippen molar-refractivity contribution >= 4 is 84.1 Å². The minimum atomic E-state index is -1.13. The fourth-order valence-corrected chi connectivity index (χ4v) is 12.4. The van der Waals surface area contributed by atoms with Gasteiger partial charge in [-0.2, -0.15) is 0 Å². The Morgan fingerprint density at radius 3 is 1.10 bits per heavy atom. The number of nitrogens with one attached hydrogen (secondary N) is 3. The van der Waals surface area contributed by atoms with Crippen molar-refractivity contribution in [2.24, 2.45) is 16.2 Å². The Hall–Kier alpha value is -4.70. The summed E-state index contributed by atoms with van der Waals surface area (Å²) in [6.07, 6.45) is 2.54.